The maximum absolute atomic E-state index is 11.8. The normalized spacial score (nSPS) is 10.1. The van der Waals surface area contributed by atoms with Gasteiger partial charge in [0, 0.05) is 10.5 Å². The van der Waals surface area contributed by atoms with E-state index in [0.717, 1.165) is 10.5 Å². The van der Waals surface area contributed by atoms with E-state index in [0.29, 0.717) is 5.56 Å². The number of benzene rings is 2. The minimum atomic E-state index is -0.137. The van der Waals surface area contributed by atoms with E-state index in [1.165, 1.54) is 11.9 Å². The molecule has 92 valence electrons. The van der Waals surface area contributed by atoms with E-state index in [1.807, 2.05) is 55.5 Å². The standard InChI is InChI=1S/C14H14N2OS/c1-11-6-5-7-12(10-11)14(17)15-16-18-13-8-3-2-4-9-13/h2-10,16H,1H3,(H,15,17). The average Bonchev–Trinajstić information content (AvgIpc) is 2.40. The van der Waals surface area contributed by atoms with Gasteiger partial charge < -0.3 is 0 Å². The number of hydrogen-bond acceptors (Lipinski definition) is 3. The zero-order valence-corrected chi connectivity index (χ0v) is 10.8. The molecule has 0 radical (unpaired) electrons. The molecule has 0 saturated carbocycles. The van der Waals surface area contributed by atoms with Gasteiger partial charge in [0.1, 0.15) is 0 Å². The molecule has 0 aliphatic carbocycles. The number of carbonyl (C=O) groups is 1. The highest BCUT2D eigenvalue weighted by atomic mass is 32.2. The second kappa shape index (κ2) is 6.23. The third-order valence-electron chi connectivity index (χ3n) is 2.36. The third kappa shape index (κ3) is 3.61. The smallest absolute Gasteiger partial charge is 0.266 e. The fraction of sp³-hybridized carbons (Fsp3) is 0.0714. The molecule has 2 aromatic carbocycles. The first-order valence-electron chi connectivity index (χ1n) is 5.59. The van der Waals surface area contributed by atoms with Crippen molar-refractivity contribution in [3.8, 4) is 0 Å². The molecule has 4 heteroatoms. The van der Waals surface area contributed by atoms with Crippen LogP contribution in [0.25, 0.3) is 0 Å². The Morgan fingerprint density at radius 2 is 1.83 bits per heavy atom. The number of aryl methyl sites for hydroxylation is 1. The van der Waals surface area contributed by atoms with Gasteiger partial charge in [-0.1, -0.05) is 35.9 Å². The third-order valence-corrected chi connectivity index (χ3v) is 3.07. The predicted molar refractivity (Wildman–Crippen MR) is 74.1 cm³/mol. The van der Waals surface area contributed by atoms with Crippen molar-refractivity contribution in [3.63, 3.8) is 0 Å². The van der Waals surface area contributed by atoms with Crippen LogP contribution in [0.3, 0.4) is 0 Å². The van der Waals surface area contributed by atoms with Crippen LogP contribution >= 0.6 is 11.9 Å². The molecule has 0 bridgehead atoms. The van der Waals surface area contributed by atoms with Crippen molar-refractivity contribution in [2.75, 3.05) is 0 Å². The van der Waals surface area contributed by atoms with E-state index in [-0.39, 0.29) is 5.91 Å². The molecule has 0 aromatic heterocycles. The van der Waals surface area contributed by atoms with Gasteiger partial charge in [0.25, 0.3) is 5.91 Å². The Balaban J connectivity index is 1.86. The van der Waals surface area contributed by atoms with Crippen molar-refractivity contribution in [2.45, 2.75) is 11.8 Å². The lowest BCUT2D eigenvalue weighted by Crippen LogP contribution is -2.32. The highest BCUT2D eigenvalue weighted by Crippen LogP contribution is 2.12. The van der Waals surface area contributed by atoms with Crippen molar-refractivity contribution in [1.29, 1.82) is 0 Å². The molecule has 0 unspecified atom stereocenters. The summed E-state index contributed by atoms with van der Waals surface area (Å²) in [4.78, 5) is 15.7. The molecule has 0 spiro atoms. The summed E-state index contributed by atoms with van der Waals surface area (Å²) < 4.78 is 0. The molecule has 0 fully saturated rings. The maximum atomic E-state index is 11.8. The van der Waals surface area contributed by atoms with Crippen molar-refractivity contribution in [3.05, 3.63) is 65.7 Å². The summed E-state index contributed by atoms with van der Waals surface area (Å²) in [7, 11) is 0. The first kappa shape index (κ1) is 12.7. The van der Waals surface area contributed by atoms with Crippen LogP contribution in [0, 0.1) is 6.92 Å². The number of carbonyl (C=O) groups excluding carboxylic acids is 1. The van der Waals surface area contributed by atoms with Crippen LogP contribution in [-0.4, -0.2) is 5.91 Å². The SMILES string of the molecule is Cc1cccc(C(=O)NNSc2ccccc2)c1. The van der Waals surface area contributed by atoms with Gasteiger partial charge in [-0.2, -0.15) is 4.83 Å². The van der Waals surface area contributed by atoms with Gasteiger partial charge in [-0.15, -0.1) is 0 Å². The molecule has 2 rings (SSSR count). The Morgan fingerprint density at radius 1 is 1.06 bits per heavy atom. The number of rotatable bonds is 4. The topological polar surface area (TPSA) is 41.1 Å². The number of hydrogen-bond donors (Lipinski definition) is 2. The molecular formula is C14H14N2OS. The molecule has 0 aliphatic rings. The lowest BCUT2D eigenvalue weighted by Gasteiger charge is -2.06. The highest BCUT2D eigenvalue weighted by Gasteiger charge is 2.04. The van der Waals surface area contributed by atoms with E-state index >= 15 is 0 Å². The van der Waals surface area contributed by atoms with E-state index in [4.69, 9.17) is 0 Å². The Kier molecular flexibility index (Phi) is 4.39. The molecule has 2 N–H and O–H groups in total. The molecule has 0 heterocycles. The average molecular weight is 258 g/mol. The fourth-order valence-corrected chi connectivity index (χ4v) is 2.03. The van der Waals surface area contributed by atoms with Crippen molar-refractivity contribution >= 4 is 17.9 Å². The molecule has 2 aromatic rings. The van der Waals surface area contributed by atoms with E-state index in [9.17, 15) is 4.79 Å². The number of amides is 1. The van der Waals surface area contributed by atoms with Gasteiger partial charge in [0.05, 0.1) is 0 Å². The van der Waals surface area contributed by atoms with Gasteiger partial charge in [0.2, 0.25) is 0 Å². The van der Waals surface area contributed by atoms with Crippen LogP contribution in [0.4, 0.5) is 0 Å². The van der Waals surface area contributed by atoms with Gasteiger partial charge in [-0.3, -0.25) is 10.2 Å². The number of hydrazine groups is 1. The van der Waals surface area contributed by atoms with Crippen molar-refractivity contribution in [1.82, 2.24) is 10.3 Å². The molecular weight excluding hydrogens is 244 g/mol. The van der Waals surface area contributed by atoms with E-state index in [2.05, 4.69) is 10.3 Å². The first-order chi connectivity index (χ1) is 8.75. The Morgan fingerprint density at radius 3 is 2.56 bits per heavy atom. The second-order valence-corrected chi connectivity index (χ2v) is 4.72. The van der Waals surface area contributed by atoms with Crippen LogP contribution in [0.1, 0.15) is 15.9 Å². The summed E-state index contributed by atoms with van der Waals surface area (Å²) in [6.45, 7) is 1.96. The Bertz CT molecular complexity index is 528. The van der Waals surface area contributed by atoms with Crippen LogP contribution in [0.2, 0.25) is 0 Å². The minimum absolute atomic E-state index is 0.137. The zero-order valence-electron chi connectivity index (χ0n) is 10.0. The highest BCUT2D eigenvalue weighted by molar-refractivity contribution is 7.97. The molecule has 3 nitrogen and oxygen atoms in total. The van der Waals surface area contributed by atoms with Crippen LogP contribution in [0.15, 0.2) is 59.5 Å². The van der Waals surface area contributed by atoms with Crippen LogP contribution in [0.5, 0.6) is 0 Å². The number of nitrogens with one attached hydrogen (secondary N) is 2. The summed E-state index contributed by atoms with van der Waals surface area (Å²) in [5, 5.41) is 0. The quantitative estimate of drug-likeness (QED) is 0.654. The lowest BCUT2D eigenvalue weighted by molar-refractivity contribution is 0.0947. The summed E-state index contributed by atoms with van der Waals surface area (Å²) in [6.07, 6.45) is 0. The zero-order chi connectivity index (χ0) is 12.8. The predicted octanol–water partition coefficient (Wildman–Crippen LogP) is 2.94. The van der Waals surface area contributed by atoms with Gasteiger partial charge >= 0.3 is 0 Å². The summed E-state index contributed by atoms with van der Waals surface area (Å²) in [6, 6.07) is 17.3. The summed E-state index contributed by atoms with van der Waals surface area (Å²) in [5.41, 5.74) is 4.37. The minimum Gasteiger partial charge on any atom is -0.277 e. The summed E-state index contributed by atoms with van der Waals surface area (Å²) >= 11 is 1.37. The molecule has 1 amide bonds. The van der Waals surface area contributed by atoms with Gasteiger partial charge in [-0.05, 0) is 43.1 Å². The van der Waals surface area contributed by atoms with Crippen molar-refractivity contribution < 1.29 is 4.79 Å². The Hall–Kier alpha value is -1.78. The molecule has 0 saturated heterocycles. The van der Waals surface area contributed by atoms with Crippen molar-refractivity contribution in [2.24, 2.45) is 0 Å². The van der Waals surface area contributed by atoms with Gasteiger partial charge in [-0.25, -0.2) is 0 Å². The first-order valence-corrected chi connectivity index (χ1v) is 6.41. The van der Waals surface area contributed by atoms with E-state index < -0.39 is 0 Å². The van der Waals surface area contributed by atoms with Crippen LogP contribution < -0.4 is 10.3 Å². The fourth-order valence-electron chi connectivity index (χ4n) is 1.48. The largest absolute Gasteiger partial charge is 0.277 e. The summed E-state index contributed by atoms with van der Waals surface area (Å²) in [5.74, 6) is -0.137. The Labute approximate surface area is 111 Å². The van der Waals surface area contributed by atoms with E-state index in [1.54, 1.807) is 6.07 Å². The molecule has 0 atom stereocenters. The van der Waals surface area contributed by atoms with Gasteiger partial charge in [0.15, 0.2) is 0 Å². The second-order valence-electron chi connectivity index (χ2n) is 3.84. The monoisotopic (exact) mass is 258 g/mol. The van der Waals surface area contributed by atoms with Crippen LogP contribution in [-0.2, 0) is 0 Å². The maximum Gasteiger partial charge on any atom is 0.266 e. The molecule has 18 heavy (non-hydrogen) atoms. The lowest BCUT2D eigenvalue weighted by atomic mass is 10.1. The molecule has 0 aliphatic heterocycles.